The first-order valence-corrected chi connectivity index (χ1v) is 7.23. The predicted octanol–water partition coefficient (Wildman–Crippen LogP) is 1.85. The maximum atomic E-state index is 11.5. The van der Waals surface area contributed by atoms with E-state index in [9.17, 15) is 9.90 Å². The number of aromatic nitrogens is 3. The van der Waals surface area contributed by atoms with E-state index in [1.807, 2.05) is 43.3 Å². The number of nitrogens with zero attached hydrogens (tertiary/aromatic N) is 4. The summed E-state index contributed by atoms with van der Waals surface area (Å²) in [5.41, 5.74) is 1.36. The van der Waals surface area contributed by atoms with Crippen LogP contribution in [0.3, 0.4) is 0 Å². The van der Waals surface area contributed by atoms with Gasteiger partial charge in [-0.15, -0.1) is 0 Å². The molecule has 7 nitrogen and oxygen atoms in total. The van der Waals surface area contributed by atoms with Gasteiger partial charge in [0.05, 0.1) is 24.6 Å². The van der Waals surface area contributed by atoms with Crippen LogP contribution in [-0.4, -0.2) is 58.5 Å². The van der Waals surface area contributed by atoms with Gasteiger partial charge in [-0.3, -0.25) is 0 Å². The van der Waals surface area contributed by atoms with Gasteiger partial charge in [-0.05, 0) is 32.3 Å². The maximum absolute atomic E-state index is 11.5. The third-order valence-corrected chi connectivity index (χ3v) is 3.69. The number of pyridine rings is 1. The molecule has 0 saturated heterocycles. The van der Waals surface area contributed by atoms with Crippen molar-refractivity contribution in [2.45, 2.75) is 6.54 Å². The molecule has 0 bridgehead atoms. The highest BCUT2D eigenvalue weighted by Gasteiger charge is 2.18. The Morgan fingerprint density at radius 2 is 2.13 bits per heavy atom. The van der Waals surface area contributed by atoms with Gasteiger partial charge in [0.25, 0.3) is 0 Å². The van der Waals surface area contributed by atoms with Crippen molar-refractivity contribution >= 4 is 27.9 Å². The Morgan fingerprint density at radius 3 is 2.78 bits per heavy atom. The number of benzene rings is 1. The number of hydrogen-bond acceptors (Lipinski definition) is 5. The maximum Gasteiger partial charge on any atom is 0.357 e. The van der Waals surface area contributed by atoms with E-state index in [1.165, 1.54) is 0 Å². The molecule has 0 radical (unpaired) electrons. The Labute approximate surface area is 133 Å². The Morgan fingerprint density at radius 1 is 1.35 bits per heavy atom. The molecule has 1 N–H and O–H groups in total. The molecule has 7 heteroatoms. The quantitative estimate of drug-likeness (QED) is 0.774. The average molecular weight is 314 g/mol. The predicted molar refractivity (Wildman–Crippen MR) is 87.1 cm³/mol. The Bertz CT molecular complexity index is 886. The number of methoxy groups -OCH3 is 1. The van der Waals surface area contributed by atoms with Crippen LogP contribution in [0.1, 0.15) is 10.5 Å². The van der Waals surface area contributed by atoms with E-state index in [1.54, 1.807) is 11.8 Å². The van der Waals surface area contributed by atoms with Crippen LogP contribution >= 0.6 is 0 Å². The molecule has 0 aliphatic rings. The number of carboxylic acids is 1. The Balaban J connectivity index is 2.22. The first kappa shape index (κ1) is 15.2. The fourth-order valence-electron chi connectivity index (χ4n) is 2.47. The normalized spacial score (nSPS) is 11.5. The molecule has 0 fully saturated rings. The van der Waals surface area contributed by atoms with E-state index in [-0.39, 0.29) is 5.69 Å². The monoisotopic (exact) mass is 314 g/mol. The van der Waals surface area contributed by atoms with E-state index in [4.69, 9.17) is 4.74 Å². The van der Waals surface area contributed by atoms with E-state index in [2.05, 4.69) is 10.1 Å². The SMILES string of the molecule is COc1ccc2cc3c(C(=O)O)nn(CCN(C)C)c3nc2c1. The number of carbonyl (C=O) groups is 1. The third-order valence-electron chi connectivity index (χ3n) is 3.69. The van der Waals surface area contributed by atoms with Crippen molar-refractivity contribution in [2.24, 2.45) is 0 Å². The van der Waals surface area contributed by atoms with Crippen molar-refractivity contribution in [3.05, 3.63) is 30.0 Å². The summed E-state index contributed by atoms with van der Waals surface area (Å²) in [5.74, 6) is -0.338. The third kappa shape index (κ3) is 2.83. The van der Waals surface area contributed by atoms with Crippen LogP contribution < -0.4 is 4.74 Å². The van der Waals surface area contributed by atoms with E-state index < -0.39 is 5.97 Å². The molecule has 2 heterocycles. The van der Waals surface area contributed by atoms with Gasteiger partial charge in [0, 0.05) is 18.0 Å². The van der Waals surface area contributed by atoms with Crippen molar-refractivity contribution in [3.8, 4) is 5.75 Å². The Hall–Kier alpha value is -2.67. The lowest BCUT2D eigenvalue weighted by Crippen LogP contribution is -2.19. The lowest BCUT2D eigenvalue weighted by molar-refractivity contribution is 0.0691. The second-order valence-electron chi connectivity index (χ2n) is 5.60. The first-order valence-electron chi connectivity index (χ1n) is 7.23. The van der Waals surface area contributed by atoms with Crippen LogP contribution in [0.5, 0.6) is 5.75 Å². The first-order chi connectivity index (χ1) is 11.0. The molecule has 0 saturated carbocycles. The summed E-state index contributed by atoms with van der Waals surface area (Å²) >= 11 is 0. The summed E-state index contributed by atoms with van der Waals surface area (Å²) < 4.78 is 6.87. The molecule has 1 aromatic carbocycles. The highest BCUT2D eigenvalue weighted by molar-refractivity contribution is 6.03. The molecule has 3 aromatic rings. The molecule has 0 aliphatic carbocycles. The van der Waals surface area contributed by atoms with E-state index in [0.717, 1.165) is 17.4 Å². The summed E-state index contributed by atoms with van der Waals surface area (Å²) in [4.78, 5) is 18.1. The van der Waals surface area contributed by atoms with Gasteiger partial charge in [0.15, 0.2) is 11.3 Å². The molecule has 0 aliphatic heterocycles. The molecular weight excluding hydrogens is 296 g/mol. The summed E-state index contributed by atoms with van der Waals surface area (Å²) in [5, 5.41) is 15.0. The molecular formula is C16H18N4O3. The van der Waals surface area contributed by atoms with E-state index >= 15 is 0 Å². The van der Waals surface area contributed by atoms with Gasteiger partial charge >= 0.3 is 5.97 Å². The summed E-state index contributed by atoms with van der Waals surface area (Å²) in [7, 11) is 5.51. The summed E-state index contributed by atoms with van der Waals surface area (Å²) in [6.45, 7) is 1.31. The fourth-order valence-corrected chi connectivity index (χ4v) is 2.47. The fraction of sp³-hybridized carbons (Fsp3) is 0.312. The number of likely N-dealkylation sites (N-methyl/N-ethyl adjacent to an activating group) is 1. The highest BCUT2D eigenvalue weighted by Crippen LogP contribution is 2.25. The minimum absolute atomic E-state index is 0.0315. The number of hydrogen-bond donors (Lipinski definition) is 1. The number of rotatable bonds is 5. The molecule has 0 atom stereocenters. The standard InChI is InChI=1S/C16H18N4O3/c1-19(2)6-7-20-15-12(14(18-20)16(21)22)8-10-4-5-11(23-3)9-13(10)17-15/h4-5,8-9H,6-7H2,1-3H3,(H,21,22). The molecule has 0 unspecified atom stereocenters. The number of carboxylic acid groups (broad SMARTS) is 1. The van der Waals surface area contributed by atoms with Crippen LogP contribution in [0.25, 0.3) is 21.9 Å². The second kappa shape index (κ2) is 5.85. The zero-order valence-electron chi connectivity index (χ0n) is 13.3. The van der Waals surface area contributed by atoms with Crippen molar-refractivity contribution in [2.75, 3.05) is 27.7 Å². The smallest absolute Gasteiger partial charge is 0.357 e. The lowest BCUT2D eigenvalue weighted by Gasteiger charge is -2.09. The Kier molecular flexibility index (Phi) is 3.87. The van der Waals surface area contributed by atoms with Gasteiger partial charge in [0.1, 0.15) is 5.75 Å². The van der Waals surface area contributed by atoms with Crippen molar-refractivity contribution in [1.82, 2.24) is 19.7 Å². The minimum Gasteiger partial charge on any atom is -0.497 e. The van der Waals surface area contributed by atoms with Crippen molar-refractivity contribution in [3.63, 3.8) is 0 Å². The number of aromatic carboxylic acids is 1. The summed E-state index contributed by atoms with van der Waals surface area (Å²) in [6.07, 6.45) is 0. The van der Waals surface area contributed by atoms with Crippen LogP contribution in [0, 0.1) is 0 Å². The average Bonchev–Trinajstić information content (AvgIpc) is 2.88. The lowest BCUT2D eigenvalue weighted by atomic mass is 10.1. The zero-order chi connectivity index (χ0) is 16.6. The van der Waals surface area contributed by atoms with Crippen molar-refractivity contribution < 1.29 is 14.6 Å². The highest BCUT2D eigenvalue weighted by atomic mass is 16.5. The van der Waals surface area contributed by atoms with E-state index in [0.29, 0.717) is 23.3 Å². The topological polar surface area (TPSA) is 80.5 Å². The van der Waals surface area contributed by atoms with Crippen LogP contribution in [0.4, 0.5) is 0 Å². The minimum atomic E-state index is -1.05. The van der Waals surface area contributed by atoms with Gasteiger partial charge in [-0.1, -0.05) is 0 Å². The summed E-state index contributed by atoms with van der Waals surface area (Å²) in [6, 6.07) is 7.34. The van der Waals surface area contributed by atoms with Crippen LogP contribution in [-0.2, 0) is 6.54 Å². The van der Waals surface area contributed by atoms with Crippen LogP contribution in [0.15, 0.2) is 24.3 Å². The molecule has 0 amide bonds. The molecule has 23 heavy (non-hydrogen) atoms. The molecule has 2 aromatic heterocycles. The molecule has 3 rings (SSSR count). The number of ether oxygens (including phenoxy) is 1. The molecule has 120 valence electrons. The van der Waals surface area contributed by atoms with Gasteiger partial charge in [-0.2, -0.15) is 5.10 Å². The zero-order valence-corrected chi connectivity index (χ0v) is 13.3. The second-order valence-corrected chi connectivity index (χ2v) is 5.60. The largest absolute Gasteiger partial charge is 0.497 e. The van der Waals surface area contributed by atoms with Gasteiger partial charge in [-0.25, -0.2) is 14.5 Å². The van der Waals surface area contributed by atoms with Crippen LogP contribution in [0.2, 0.25) is 0 Å². The molecule has 0 spiro atoms. The number of fused-ring (bicyclic) bond motifs is 2. The van der Waals surface area contributed by atoms with Gasteiger partial charge < -0.3 is 14.7 Å². The van der Waals surface area contributed by atoms with Gasteiger partial charge in [0.2, 0.25) is 0 Å². The van der Waals surface area contributed by atoms with Crippen molar-refractivity contribution in [1.29, 1.82) is 0 Å².